The Balaban J connectivity index is 1.87. The fraction of sp³-hybridized carbons (Fsp3) is 0.700. The highest BCUT2D eigenvalue weighted by molar-refractivity contribution is 5.90. The van der Waals surface area contributed by atoms with Crippen LogP contribution in [0.1, 0.15) is 24.0 Å². The standard InChI is InChI=1S/C10H17N5O/c1-2-3-14-4-6-15(7-5-14)10(16)9-11-8-12-13-9/h8H,2-7H2,1H3,(H,11,12,13). The molecule has 88 valence electrons. The Bertz CT molecular complexity index is 329. The third-order valence-electron chi connectivity index (χ3n) is 2.82. The first-order chi connectivity index (χ1) is 7.81. The van der Waals surface area contributed by atoms with Crippen molar-refractivity contribution in [1.29, 1.82) is 0 Å². The van der Waals surface area contributed by atoms with E-state index in [0.29, 0.717) is 5.82 Å². The fourth-order valence-electron chi connectivity index (χ4n) is 1.95. The summed E-state index contributed by atoms with van der Waals surface area (Å²) in [5.41, 5.74) is 0. The van der Waals surface area contributed by atoms with Gasteiger partial charge in [0.1, 0.15) is 6.33 Å². The van der Waals surface area contributed by atoms with Gasteiger partial charge in [0.25, 0.3) is 5.91 Å². The maximum Gasteiger partial charge on any atom is 0.291 e. The van der Waals surface area contributed by atoms with Crippen molar-refractivity contribution in [3.05, 3.63) is 12.2 Å². The number of nitrogens with zero attached hydrogens (tertiary/aromatic N) is 4. The Morgan fingerprint density at radius 1 is 1.44 bits per heavy atom. The minimum absolute atomic E-state index is 0.0475. The second-order valence-electron chi connectivity index (χ2n) is 3.97. The molecule has 1 aromatic rings. The van der Waals surface area contributed by atoms with Crippen LogP contribution in [0.3, 0.4) is 0 Å². The van der Waals surface area contributed by atoms with Gasteiger partial charge in [-0.25, -0.2) is 4.98 Å². The molecule has 1 fully saturated rings. The Hall–Kier alpha value is -1.43. The van der Waals surface area contributed by atoms with Crippen molar-refractivity contribution in [1.82, 2.24) is 25.0 Å². The Morgan fingerprint density at radius 2 is 2.19 bits per heavy atom. The number of aromatic nitrogens is 3. The summed E-state index contributed by atoms with van der Waals surface area (Å²) in [5.74, 6) is 0.289. The lowest BCUT2D eigenvalue weighted by Crippen LogP contribution is -2.49. The van der Waals surface area contributed by atoms with Crippen LogP contribution in [0.15, 0.2) is 6.33 Å². The van der Waals surface area contributed by atoms with Crippen LogP contribution in [0, 0.1) is 0 Å². The highest BCUT2D eigenvalue weighted by Crippen LogP contribution is 2.05. The maximum absolute atomic E-state index is 11.9. The number of rotatable bonds is 3. The summed E-state index contributed by atoms with van der Waals surface area (Å²) < 4.78 is 0. The van der Waals surface area contributed by atoms with Gasteiger partial charge in [-0.15, -0.1) is 0 Å². The monoisotopic (exact) mass is 223 g/mol. The molecule has 1 aliphatic rings. The summed E-state index contributed by atoms with van der Waals surface area (Å²) in [5, 5.41) is 6.29. The Kier molecular flexibility index (Phi) is 3.51. The number of amides is 1. The predicted octanol–water partition coefficient (Wildman–Crippen LogP) is -0.0275. The van der Waals surface area contributed by atoms with Crippen molar-refractivity contribution in [2.45, 2.75) is 13.3 Å². The van der Waals surface area contributed by atoms with Crippen molar-refractivity contribution >= 4 is 5.91 Å². The number of aromatic amines is 1. The van der Waals surface area contributed by atoms with Crippen LogP contribution >= 0.6 is 0 Å². The van der Waals surface area contributed by atoms with Crippen molar-refractivity contribution < 1.29 is 4.79 Å². The van der Waals surface area contributed by atoms with Crippen LogP contribution in [0.25, 0.3) is 0 Å². The summed E-state index contributed by atoms with van der Waals surface area (Å²) in [6, 6.07) is 0. The minimum atomic E-state index is -0.0475. The second-order valence-corrected chi connectivity index (χ2v) is 3.97. The number of hydrogen-bond acceptors (Lipinski definition) is 4. The summed E-state index contributed by atoms with van der Waals surface area (Å²) >= 11 is 0. The van der Waals surface area contributed by atoms with Crippen molar-refractivity contribution in [2.24, 2.45) is 0 Å². The zero-order valence-electron chi connectivity index (χ0n) is 9.52. The van der Waals surface area contributed by atoms with Gasteiger partial charge in [-0.05, 0) is 13.0 Å². The molecule has 1 N–H and O–H groups in total. The average molecular weight is 223 g/mol. The molecule has 0 saturated carbocycles. The summed E-state index contributed by atoms with van der Waals surface area (Å²) in [7, 11) is 0. The highest BCUT2D eigenvalue weighted by Gasteiger charge is 2.22. The summed E-state index contributed by atoms with van der Waals surface area (Å²) in [4.78, 5) is 20.0. The van der Waals surface area contributed by atoms with Crippen LogP contribution in [-0.2, 0) is 0 Å². The number of carbonyl (C=O) groups is 1. The van der Waals surface area contributed by atoms with E-state index in [-0.39, 0.29) is 5.91 Å². The number of carbonyl (C=O) groups excluding carboxylic acids is 1. The second kappa shape index (κ2) is 5.07. The van der Waals surface area contributed by atoms with E-state index in [4.69, 9.17) is 0 Å². The third-order valence-corrected chi connectivity index (χ3v) is 2.82. The molecule has 0 bridgehead atoms. The first-order valence-electron chi connectivity index (χ1n) is 5.68. The van der Waals surface area contributed by atoms with Gasteiger partial charge in [0.15, 0.2) is 0 Å². The molecular weight excluding hydrogens is 206 g/mol. The first kappa shape index (κ1) is 11.1. The topological polar surface area (TPSA) is 65.1 Å². The maximum atomic E-state index is 11.9. The van der Waals surface area contributed by atoms with E-state index in [2.05, 4.69) is 27.0 Å². The lowest BCUT2D eigenvalue weighted by Gasteiger charge is -2.33. The van der Waals surface area contributed by atoms with Gasteiger partial charge >= 0.3 is 0 Å². The van der Waals surface area contributed by atoms with Gasteiger partial charge in [-0.3, -0.25) is 14.8 Å². The summed E-state index contributed by atoms with van der Waals surface area (Å²) in [6.45, 7) is 6.75. The van der Waals surface area contributed by atoms with Gasteiger partial charge < -0.3 is 4.90 Å². The van der Waals surface area contributed by atoms with Gasteiger partial charge in [0.05, 0.1) is 0 Å². The van der Waals surface area contributed by atoms with E-state index in [0.717, 1.165) is 39.1 Å². The molecular formula is C10H17N5O. The molecule has 16 heavy (non-hydrogen) atoms. The van der Waals surface area contributed by atoms with Gasteiger partial charge in [-0.1, -0.05) is 6.92 Å². The largest absolute Gasteiger partial charge is 0.333 e. The molecule has 1 amide bonds. The SMILES string of the molecule is CCCN1CCN(C(=O)c2ncn[nH]2)CC1. The molecule has 2 rings (SSSR count). The molecule has 1 aliphatic heterocycles. The van der Waals surface area contributed by atoms with Crippen molar-refractivity contribution in [3.63, 3.8) is 0 Å². The Morgan fingerprint density at radius 3 is 2.75 bits per heavy atom. The molecule has 6 heteroatoms. The first-order valence-corrected chi connectivity index (χ1v) is 5.68. The van der Waals surface area contributed by atoms with E-state index in [1.165, 1.54) is 6.33 Å². The van der Waals surface area contributed by atoms with Crippen molar-refractivity contribution in [2.75, 3.05) is 32.7 Å². The lowest BCUT2D eigenvalue weighted by molar-refractivity contribution is 0.0626. The fourth-order valence-corrected chi connectivity index (χ4v) is 1.95. The van der Waals surface area contributed by atoms with Gasteiger partial charge in [-0.2, -0.15) is 5.10 Å². The molecule has 2 heterocycles. The van der Waals surface area contributed by atoms with E-state index in [9.17, 15) is 4.79 Å². The molecule has 1 aromatic heterocycles. The van der Waals surface area contributed by atoms with Crippen molar-refractivity contribution in [3.8, 4) is 0 Å². The number of H-pyrrole nitrogens is 1. The van der Waals surface area contributed by atoms with E-state index in [1.807, 2.05) is 4.90 Å². The average Bonchev–Trinajstić information content (AvgIpc) is 2.83. The van der Waals surface area contributed by atoms with Crippen LogP contribution in [0.4, 0.5) is 0 Å². The molecule has 0 aromatic carbocycles. The molecule has 6 nitrogen and oxygen atoms in total. The van der Waals surface area contributed by atoms with Crippen LogP contribution in [-0.4, -0.2) is 63.6 Å². The zero-order chi connectivity index (χ0) is 11.4. The third kappa shape index (κ3) is 2.38. The molecule has 0 radical (unpaired) electrons. The van der Waals surface area contributed by atoms with E-state index < -0.39 is 0 Å². The number of hydrogen-bond donors (Lipinski definition) is 1. The molecule has 0 unspecified atom stereocenters. The smallest absolute Gasteiger partial charge is 0.291 e. The van der Waals surface area contributed by atoms with Crippen LogP contribution in [0.2, 0.25) is 0 Å². The molecule has 1 saturated heterocycles. The predicted molar refractivity (Wildman–Crippen MR) is 59.0 cm³/mol. The van der Waals surface area contributed by atoms with Crippen LogP contribution < -0.4 is 0 Å². The molecule has 0 aliphatic carbocycles. The normalized spacial score (nSPS) is 17.7. The number of piperazine rings is 1. The quantitative estimate of drug-likeness (QED) is 0.781. The lowest BCUT2D eigenvalue weighted by atomic mass is 10.3. The minimum Gasteiger partial charge on any atom is -0.333 e. The number of nitrogens with one attached hydrogen (secondary N) is 1. The highest BCUT2D eigenvalue weighted by atomic mass is 16.2. The van der Waals surface area contributed by atoms with Gasteiger partial charge in [0.2, 0.25) is 5.82 Å². The molecule has 0 atom stereocenters. The molecule has 0 spiro atoms. The zero-order valence-corrected chi connectivity index (χ0v) is 9.52. The summed E-state index contributed by atoms with van der Waals surface area (Å²) in [6.07, 6.45) is 2.52. The van der Waals surface area contributed by atoms with E-state index >= 15 is 0 Å². The van der Waals surface area contributed by atoms with E-state index in [1.54, 1.807) is 0 Å². The van der Waals surface area contributed by atoms with Gasteiger partial charge in [0, 0.05) is 26.2 Å². The Labute approximate surface area is 94.6 Å². The van der Waals surface area contributed by atoms with Crippen LogP contribution in [0.5, 0.6) is 0 Å².